The lowest BCUT2D eigenvalue weighted by atomic mass is 10.7. The third-order valence-corrected chi connectivity index (χ3v) is 1.83. The van der Waals surface area contributed by atoms with Gasteiger partial charge < -0.3 is 0 Å². The zero-order valence-electron chi connectivity index (χ0n) is 7.75. The van der Waals surface area contributed by atoms with Gasteiger partial charge in [0.05, 0.1) is 34.8 Å². The van der Waals surface area contributed by atoms with E-state index in [4.69, 9.17) is 23.2 Å². The summed E-state index contributed by atoms with van der Waals surface area (Å²) in [5.41, 5.74) is 0. The van der Waals surface area contributed by atoms with E-state index in [-0.39, 0.29) is 11.9 Å². The minimum Gasteiger partial charge on any atom is -0.217 e. The molecule has 0 unspecified atom stereocenters. The number of hydrogen-bond donors (Lipinski definition) is 0. The highest BCUT2D eigenvalue weighted by molar-refractivity contribution is 6.30. The van der Waals surface area contributed by atoms with Crippen LogP contribution in [0, 0.1) is 0 Å². The highest BCUT2D eigenvalue weighted by atomic mass is 35.5. The van der Waals surface area contributed by atoms with E-state index >= 15 is 0 Å². The topological polar surface area (TPSA) is 76.3 Å². The first kappa shape index (κ1) is 10.8. The van der Waals surface area contributed by atoms with Gasteiger partial charge in [0.15, 0.2) is 0 Å². The summed E-state index contributed by atoms with van der Waals surface area (Å²) < 4.78 is 0. The minimum absolute atomic E-state index is 0.183. The van der Waals surface area contributed by atoms with Crippen LogP contribution in [0.3, 0.4) is 0 Å². The minimum atomic E-state index is 0.183. The van der Waals surface area contributed by atoms with Crippen LogP contribution < -0.4 is 0 Å². The molecule has 0 fully saturated rings. The smallest absolute Gasteiger partial charge is 0.217 e. The van der Waals surface area contributed by atoms with Crippen LogP contribution in [-0.4, -0.2) is 19.9 Å². The Labute approximate surface area is 100 Å². The first-order valence-electron chi connectivity index (χ1n) is 4.11. The van der Waals surface area contributed by atoms with Gasteiger partial charge >= 0.3 is 0 Å². The molecule has 6 nitrogen and oxygen atoms in total. The molecular formula is C8H4Cl2N6. The maximum atomic E-state index is 5.61. The molecule has 0 aliphatic carbocycles. The lowest BCUT2D eigenvalue weighted by Gasteiger charge is -1.91. The predicted molar refractivity (Wildman–Crippen MR) is 58.3 cm³/mol. The van der Waals surface area contributed by atoms with Gasteiger partial charge in [-0.3, -0.25) is 0 Å². The molecule has 0 bridgehead atoms. The van der Waals surface area contributed by atoms with E-state index in [1.165, 1.54) is 24.8 Å². The lowest BCUT2D eigenvalue weighted by Crippen LogP contribution is -1.80. The van der Waals surface area contributed by atoms with Gasteiger partial charge in [-0.25, -0.2) is 19.9 Å². The van der Waals surface area contributed by atoms with Crippen LogP contribution in [0.25, 0.3) is 0 Å². The highest BCUT2D eigenvalue weighted by Crippen LogP contribution is 2.12. The van der Waals surface area contributed by atoms with Crippen LogP contribution in [0.2, 0.25) is 10.0 Å². The summed E-state index contributed by atoms with van der Waals surface area (Å²) in [6, 6.07) is 0. The summed E-state index contributed by atoms with van der Waals surface area (Å²) in [4.78, 5) is 15.3. The van der Waals surface area contributed by atoms with Crippen molar-refractivity contribution in [1.82, 2.24) is 19.9 Å². The van der Waals surface area contributed by atoms with Crippen molar-refractivity contribution < 1.29 is 0 Å². The summed E-state index contributed by atoms with van der Waals surface area (Å²) >= 11 is 11.2. The fourth-order valence-corrected chi connectivity index (χ4v) is 0.999. The number of rotatable bonds is 2. The van der Waals surface area contributed by atoms with Gasteiger partial charge in [-0.15, -0.1) is 10.2 Å². The number of aromatic nitrogens is 4. The molecule has 0 aliphatic heterocycles. The van der Waals surface area contributed by atoms with Crippen molar-refractivity contribution in [3.8, 4) is 0 Å². The summed E-state index contributed by atoms with van der Waals surface area (Å²) in [6.07, 6.45) is 5.69. The molecule has 0 amide bonds. The van der Waals surface area contributed by atoms with E-state index in [9.17, 15) is 0 Å². The van der Waals surface area contributed by atoms with E-state index in [2.05, 4.69) is 30.2 Å². The van der Waals surface area contributed by atoms with Crippen LogP contribution in [0.4, 0.5) is 11.9 Å². The van der Waals surface area contributed by atoms with Gasteiger partial charge in [0, 0.05) is 0 Å². The van der Waals surface area contributed by atoms with Crippen molar-refractivity contribution in [2.75, 3.05) is 0 Å². The van der Waals surface area contributed by atoms with Gasteiger partial charge in [-0.1, -0.05) is 23.2 Å². The molecule has 16 heavy (non-hydrogen) atoms. The second-order valence-electron chi connectivity index (χ2n) is 2.60. The van der Waals surface area contributed by atoms with Crippen molar-refractivity contribution in [3.05, 3.63) is 34.8 Å². The van der Waals surface area contributed by atoms with Gasteiger partial charge in [0.25, 0.3) is 11.9 Å². The zero-order chi connectivity index (χ0) is 11.4. The first-order valence-corrected chi connectivity index (χ1v) is 4.86. The predicted octanol–water partition coefficient (Wildman–Crippen LogP) is 2.99. The number of nitrogens with zero attached hydrogens (tertiary/aromatic N) is 6. The Morgan fingerprint density at radius 1 is 0.688 bits per heavy atom. The van der Waals surface area contributed by atoms with Crippen molar-refractivity contribution in [2.45, 2.75) is 0 Å². The standard InChI is InChI=1S/C8H4Cl2N6/c9-5-1-11-7(12-2-5)15-16-8-13-3-6(10)4-14-8/h1-4H. The molecule has 2 rings (SSSR count). The van der Waals surface area contributed by atoms with E-state index in [0.29, 0.717) is 10.0 Å². The van der Waals surface area contributed by atoms with Crippen LogP contribution in [0.15, 0.2) is 35.0 Å². The van der Waals surface area contributed by atoms with Crippen LogP contribution in [-0.2, 0) is 0 Å². The van der Waals surface area contributed by atoms with E-state index in [1.807, 2.05) is 0 Å². The van der Waals surface area contributed by atoms with Crippen molar-refractivity contribution >= 4 is 35.1 Å². The normalized spacial score (nSPS) is 10.9. The zero-order valence-corrected chi connectivity index (χ0v) is 9.26. The van der Waals surface area contributed by atoms with E-state index in [1.54, 1.807) is 0 Å². The molecule has 2 aromatic heterocycles. The van der Waals surface area contributed by atoms with Gasteiger partial charge in [0.2, 0.25) is 0 Å². The Bertz CT molecular complexity index is 447. The molecule has 2 aromatic rings. The second-order valence-corrected chi connectivity index (χ2v) is 3.48. The fraction of sp³-hybridized carbons (Fsp3) is 0. The van der Waals surface area contributed by atoms with Gasteiger partial charge in [-0.05, 0) is 0 Å². The molecule has 0 spiro atoms. The molecule has 0 aromatic carbocycles. The van der Waals surface area contributed by atoms with Crippen molar-refractivity contribution in [1.29, 1.82) is 0 Å². The van der Waals surface area contributed by atoms with Crippen molar-refractivity contribution in [2.24, 2.45) is 10.2 Å². The molecule has 0 saturated carbocycles. The van der Waals surface area contributed by atoms with E-state index in [0.717, 1.165) is 0 Å². The van der Waals surface area contributed by atoms with Crippen LogP contribution >= 0.6 is 23.2 Å². The van der Waals surface area contributed by atoms with Crippen LogP contribution in [0.1, 0.15) is 0 Å². The number of halogens is 2. The third-order valence-electron chi connectivity index (χ3n) is 1.44. The summed E-state index contributed by atoms with van der Waals surface area (Å²) in [5, 5.41) is 8.31. The van der Waals surface area contributed by atoms with Crippen molar-refractivity contribution in [3.63, 3.8) is 0 Å². The molecule has 2 heterocycles. The Balaban J connectivity index is 2.15. The molecule has 8 heteroatoms. The average molecular weight is 255 g/mol. The maximum Gasteiger partial charge on any atom is 0.269 e. The Kier molecular flexibility index (Phi) is 3.33. The van der Waals surface area contributed by atoms with Crippen LogP contribution in [0.5, 0.6) is 0 Å². The Morgan fingerprint density at radius 3 is 1.31 bits per heavy atom. The summed E-state index contributed by atoms with van der Waals surface area (Å²) in [6.45, 7) is 0. The third kappa shape index (κ3) is 2.91. The highest BCUT2D eigenvalue weighted by Gasteiger charge is 1.95. The lowest BCUT2D eigenvalue weighted by molar-refractivity contribution is 1.01. The quantitative estimate of drug-likeness (QED) is 0.773. The molecule has 0 aliphatic rings. The fourth-order valence-electron chi connectivity index (χ4n) is 0.804. The average Bonchev–Trinajstić information content (AvgIpc) is 2.30. The largest absolute Gasteiger partial charge is 0.269 e. The SMILES string of the molecule is Clc1cnc(N=Nc2ncc(Cl)cn2)nc1. The Morgan fingerprint density at radius 2 is 1.00 bits per heavy atom. The summed E-state index contributed by atoms with van der Waals surface area (Å²) in [7, 11) is 0. The Hall–Kier alpha value is -1.66. The molecule has 0 atom stereocenters. The van der Waals surface area contributed by atoms with Gasteiger partial charge in [0.1, 0.15) is 0 Å². The molecule has 0 saturated heterocycles. The molecule has 0 N–H and O–H groups in total. The molecule has 80 valence electrons. The molecule has 0 radical (unpaired) electrons. The number of hydrogen-bond acceptors (Lipinski definition) is 6. The first-order chi connectivity index (χ1) is 7.74. The number of azo groups is 1. The summed E-state index contributed by atoms with van der Waals surface area (Å²) in [5.74, 6) is 0.367. The van der Waals surface area contributed by atoms with Gasteiger partial charge in [-0.2, -0.15) is 0 Å². The molecular weight excluding hydrogens is 251 g/mol. The monoisotopic (exact) mass is 254 g/mol. The second kappa shape index (κ2) is 4.91. The van der Waals surface area contributed by atoms with E-state index < -0.39 is 0 Å². The maximum absolute atomic E-state index is 5.61.